The molecule has 128 valence electrons. The summed E-state index contributed by atoms with van der Waals surface area (Å²) in [6, 6.07) is 0.474. The molecule has 7 heteroatoms. The van der Waals surface area contributed by atoms with Gasteiger partial charge in [0.15, 0.2) is 5.82 Å². The van der Waals surface area contributed by atoms with E-state index in [-0.39, 0.29) is 5.91 Å². The van der Waals surface area contributed by atoms with Crippen LogP contribution in [0.5, 0.6) is 0 Å². The summed E-state index contributed by atoms with van der Waals surface area (Å²) >= 11 is 0. The van der Waals surface area contributed by atoms with E-state index in [0.29, 0.717) is 36.5 Å². The smallest absolute Gasteiger partial charge is 0.226 e. The van der Waals surface area contributed by atoms with E-state index in [0.717, 1.165) is 45.8 Å². The number of rotatable bonds is 5. The minimum atomic E-state index is 0.240. The van der Waals surface area contributed by atoms with E-state index < -0.39 is 0 Å². The highest BCUT2D eigenvalue weighted by Gasteiger charge is 2.36. The maximum atomic E-state index is 12.4. The average Bonchev–Trinajstić information content (AvgIpc) is 3.14. The molecule has 0 radical (unpaired) electrons. The van der Waals surface area contributed by atoms with Crippen molar-refractivity contribution in [3.63, 3.8) is 0 Å². The van der Waals surface area contributed by atoms with Crippen molar-refractivity contribution in [1.82, 2.24) is 19.9 Å². The lowest BCUT2D eigenvalue weighted by Gasteiger charge is -2.34. The van der Waals surface area contributed by atoms with Gasteiger partial charge >= 0.3 is 0 Å². The Morgan fingerprint density at radius 2 is 2.09 bits per heavy atom. The van der Waals surface area contributed by atoms with Crippen LogP contribution in [-0.4, -0.2) is 71.3 Å². The van der Waals surface area contributed by atoms with Crippen molar-refractivity contribution in [2.75, 3.05) is 39.4 Å². The van der Waals surface area contributed by atoms with Gasteiger partial charge in [-0.25, -0.2) is 0 Å². The van der Waals surface area contributed by atoms with E-state index in [1.54, 1.807) is 6.92 Å². The molecule has 2 atom stereocenters. The highest BCUT2D eigenvalue weighted by Crippen LogP contribution is 2.23. The number of ether oxygens (including phenoxy) is 1. The van der Waals surface area contributed by atoms with Gasteiger partial charge in [0.05, 0.1) is 13.2 Å². The van der Waals surface area contributed by atoms with Crippen molar-refractivity contribution in [2.45, 2.75) is 39.2 Å². The molecule has 3 rings (SSSR count). The van der Waals surface area contributed by atoms with Crippen LogP contribution in [0.25, 0.3) is 0 Å². The van der Waals surface area contributed by atoms with Gasteiger partial charge in [0, 0.05) is 45.1 Å². The number of morpholine rings is 1. The lowest BCUT2D eigenvalue weighted by molar-refractivity contribution is -0.130. The SMILES string of the molecule is Cc1noc(CCCC(=O)N2C[C@@H](C)[C@H](N3CCOCC3)C2)n1. The Morgan fingerprint density at radius 3 is 2.78 bits per heavy atom. The zero-order valence-corrected chi connectivity index (χ0v) is 14.0. The molecule has 1 aromatic rings. The predicted molar refractivity (Wildman–Crippen MR) is 83.9 cm³/mol. The van der Waals surface area contributed by atoms with Crippen LogP contribution in [-0.2, 0) is 16.0 Å². The van der Waals surface area contributed by atoms with Gasteiger partial charge in [-0.2, -0.15) is 4.98 Å². The third kappa shape index (κ3) is 4.09. The fourth-order valence-electron chi connectivity index (χ4n) is 3.53. The van der Waals surface area contributed by atoms with Gasteiger partial charge < -0.3 is 14.2 Å². The summed E-state index contributed by atoms with van der Waals surface area (Å²) in [6.45, 7) is 9.33. The highest BCUT2D eigenvalue weighted by atomic mass is 16.5. The first-order chi connectivity index (χ1) is 11.1. The van der Waals surface area contributed by atoms with Crippen molar-refractivity contribution < 1.29 is 14.1 Å². The van der Waals surface area contributed by atoms with Crippen LogP contribution in [0, 0.1) is 12.8 Å². The Morgan fingerprint density at radius 1 is 1.30 bits per heavy atom. The second-order valence-electron chi connectivity index (χ2n) is 6.58. The molecule has 1 amide bonds. The van der Waals surface area contributed by atoms with Crippen LogP contribution in [0.2, 0.25) is 0 Å². The summed E-state index contributed by atoms with van der Waals surface area (Å²) in [5.41, 5.74) is 0. The number of nitrogens with zero attached hydrogens (tertiary/aromatic N) is 4. The van der Waals surface area contributed by atoms with Gasteiger partial charge in [0.2, 0.25) is 11.8 Å². The average molecular weight is 322 g/mol. The molecule has 2 aliphatic rings. The molecule has 0 bridgehead atoms. The van der Waals surface area contributed by atoms with E-state index in [1.165, 1.54) is 0 Å². The first kappa shape index (κ1) is 16.4. The van der Waals surface area contributed by atoms with Gasteiger partial charge in [0.25, 0.3) is 0 Å². The van der Waals surface area contributed by atoms with Crippen LogP contribution in [0.15, 0.2) is 4.52 Å². The van der Waals surface area contributed by atoms with Crippen molar-refractivity contribution in [3.8, 4) is 0 Å². The quantitative estimate of drug-likeness (QED) is 0.801. The minimum Gasteiger partial charge on any atom is -0.379 e. The zero-order chi connectivity index (χ0) is 16.2. The molecule has 2 fully saturated rings. The maximum absolute atomic E-state index is 12.4. The van der Waals surface area contributed by atoms with Crippen molar-refractivity contribution in [3.05, 3.63) is 11.7 Å². The summed E-state index contributed by atoms with van der Waals surface area (Å²) in [4.78, 5) is 21.1. The number of amides is 1. The van der Waals surface area contributed by atoms with Crippen LogP contribution >= 0.6 is 0 Å². The van der Waals surface area contributed by atoms with Gasteiger partial charge in [-0.3, -0.25) is 9.69 Å². The Kier molecular flexibility index (Phi) is 5.27. The van der Waals surface area contributed by atoms with E-state index in [1.807, 2.05) is 4.90 Å². The Labute approximate surface area is 137 Å². The summed E-state index contributed by atoms with van der Waals surface area (Å²) in [5, 5.41) is 3.77. The maximum Gasteiger partial charge on any atom is 0.226 e. The number of likely N-dealkylation sites (tertiary alicyclic amines) is 1. The molecule has 0 aliphatic carbocycles. The number of aryl methyl sites for hydroxylation is 2. The fourth-order valence-corrected chi connectivity index (χ4v) is 3.53. The lowest BCUT2D eigenvalue weighted by atomic mass is 10.0. The molecule has 7 nitrogen and oxygen atoms in total. The Bertz CT molecular complexity index is 527. The number of carbonyl (C=O) groups excluding carboxylic acids is 1. The topological polar surface area (TPSA) is 71.7 Å². The van der Waals surface area contributed by atoms with Crippen LogP contribution < -0.4 is 0 Å². The third-order valence-corrected chi connectivity index (χ3v) is 4.79. The lowest BCUT2D eigenvalue weighted by Crippen LogP contribution is -2.47. The second kappa shape index (κ2) is 7.40. The second-order valence-corrected chi connectivity index (χ2v) is 6.58. The van der Waals surface area contributed by atoms with E-state index >= 15 is 0 Å². The molecule has 0 saturated carbocycles. The van der Waals surface area contributed by atoms with Gasteiger partial charge in [0.1, 0.15) is 0 Å². The molecule has 0 aromatic carbocycles. The summed E-state index contributed by atoms with van der Waals surface area (Å²) in [7, 11) is 0. The van der Waals surface area contributed by atoms with Gasteiger partial charge in [-0.1, -0.05) is 12.1 Å². The number of aromatic nitrogens is 2. The molecular formula is C16H26N4O3. The van der Waals surface area contributed by atoms with Gasteiger partial charge in [-0.05, 0) is 19.3 Å². The summed E-state index contributed by atoms with van der Waals surface area (Å²) in [5.74, 6) is 2.03. The molecule has 1 aromatic heterocycles. The zero-order valence-electron chi connectivity index (χ0n) is 14.0. The summed E-state index contributed by atoms with van der Waals surface area (Å²) in [6.07, 6.45) is 1.97. The van der Waals surface area contributed by atoms with Crippen molar-refractivity contribution >= 4 is 5.91 Å². The third-order valence-electron chi connectivity index (χ3n) is 4.79. The normalized spacial score (nSPS) is 25.9. The largest absolute Gasteiger partial charge is 0.379 e. The fraction of sp³-hybridized carbons (Fsp3) is 0.812. The Balaban J connectivity index is 1.44. The number of hydrogen-bond donors (Lipinski definition) is 0. The Hall–Kier alpha value is -1.47. The molecule has 3 heterocycles. The molecule has 2 saturated heterocycles. The first-order valence-electron chi connectivity index (χ1n) is 8.52. The molecule has 2 aliphatic heterocycles. The van der Waals surface area contributed by atoms with Crippen molar-refractivity contribution in [2.24, 2.45) is 5.92 Å². The molecule has 0 unspecified atom stereocenters. The first-order valence-corrected chi connectivity index (χ1v) is 8.52. The molecular weight excluding hydrogens is 296 g/mol. The molecule has 0 N–H and O–H groups in total. The highest BCUT2D eigenvalue weighted by molar-refractivity contribution is 5.76. The standard InChI is InChI=1S/C16H26N4O3/c1-12-10-20(11-14(12)19-6-8-22-9-7-19)16(21)5-3-4-15-17-13(2)18-23-15/h12,14H,3-11H2,1-2H3/t12-,14-/m1/s1. The molecule has 0 spiro atoms. The predicted octanol–water partition coefficient (Wildman–Crippen LogP) is 0.880. The van der Waals surface area contributed by atoms with E-state index in [4.69, 9.17) is 9.26 Å². The van der Waals surface area contributed by atoms with E-state index in [2.05, 4.69) is 22.0 Å². The molecule has 23 heavy (non-hydrogen) atoms. The number of carbonyl (C=O) groups is 1. The van der Waals surface area contributed by atoms with E-state index in [9.17, 15) is 4.79 Å². The van der Waals surface area contributed by atoms with Crippen LogP contribution in [0.3, 0.4) is 0 Å². The number of hydrogen-bond acceptors (Lipinski definition) is 6. The monoisotopic (exact) mass is 322 g/mol. The van der Waals surface area contributed by atoms with Gasteiger partial charge in [-0.15, -0.1) is 0 Å². The van der Waals surface area contributed by atoms with Crippen molar-refractivity contribution in [1.29, 1.82) is 0 Å². The van der Waals surface area contributed by atoms with Crippen LogP contribution in [0.4, 0.5) is 0 Å². The minimum absolute atomic E-state index is 0.240. The van der Waals surface area contributed by atoms with Crippen LogP contribution in [0.1, 0.15) is 31.5 Å². The summed E-state index contributed by atoms with van der Waals surface area (Å²) < 4.78 is 10.5.